The van der Waals surface area contributed by atoms with Gasteiger partial charge in [-0.2, -0.15) is 0 Å². The molecule has 8 heteroatoms. The number of cyclic esters (lactones) is 1. The summed E-state index contributed by atoms with van der Waals surface area (Å²) in [6, 6.07) is 40.7. The molecule has 5 aromatic rings. The van der Waals surface area contributed by atoms with E-state index in [4.69, 9.17) is 28.4 Å². The van der Waals surface area contributed by atoms with Crippen LogP contribution in [-0.2, 0) is 19.9 Å². The summed E-state index contributed by atoms with van der Waals surface area (Å²) in [5.74, 6) is 0.0253. The second-order valence-corrected chi connectivity index (χ2v) is 11.8. The van der Waals surface area contributed by atoms with Gasteiger partial charge in [-0.15, -0.1) is 0 Å². The Bertz CT molecular complexity index is 1760. The summed E-state index contributed by atoms with van der Waals surface area (Å²) in [5.41, 5.74) is 2.92. The van der Waals surface area contributed by atoms with E-state index < -0.39 is 35.6 Å². The third-order valence-electron chi connectivity index (χ3n) is 9.21. The average Bonchev–Trinajstić information content (AvgIpc) is 3.76. The Balaban J connectivity index is 1.34. The first kappa shape index (κ1) is 31.3. The first-order valence-electron chi connectivity index (χ1n) is 15.8. The monoisotopic (exact) mass is 644 g/mol. The lowest BCUT2D eigenvalue weighted by atomic mass is 9.78. The number of aliphatic hydroxyl groups excluding tert-OH is 1. The first-order valence-corrected chi connectivity index (χ1v) is 15.8. The lowest BCUT2D eigenvalue weighted by Gasteiger charge is -2.38. The average molecular weight is 645 g/mol. The van der Waals surface area contributed by atoms with E-state index in [-0.39, 0.29) is 13.4 Å². The normalized spacial score (nSPS) is 19.1. The van der Waals surface area contributed by atoms with Crippen LogP contribution in [0.15, 0.2) is 127 Å². The number of aliphatic hydroxyl groups is 1. The van der Waals surface area contributed by atoms with E-state index >= 15 is 0 Å². The number of ether oxygens (including phenoxy) is 6. The van der Waals surface area contributed by atoms with Gasteiger partial charge in [0, 0.05) is 5.92 Å². The summed E-state index contributed by atoms with van der Waals surface area (Å²) >= 11 is 0. The van der Waals surface area contributed by atoms with Crippen molar-refractivity contribution in [3.8, 4) is 23.0 Å². The summed E-state index contributed by atoms with van der Waals surface area (Å²) in [7, 11) is 3.13. The SMILES string of the molecule is COc1ccc([C@H]2OC(=O)[C@@H]([C@H](O)c3ccc4c(c3)OCO4)[C@@H]2COC(c2ccccc2)(c2ccccc2)c2ccccc2)cc1OC. The highest BCUT2D eigenvalue weighted by Crippen LogP contribution is 2.49. The fourth-order valence-corrected chi connectivity index (χ4v) is 6.85. The van der Waals surface area contributed by atoms with Crippen LogP contribution >= 0.6 is 0 Å². The predicted molar refractivity (Wildman–Crippen MR) is 178 cm³/mol. The molecule has 7 rings (SSSR count). The topological polar surface area (TPSA) is 92.7 Å². The fraction of sp³-hybridized carbons (Fsp3) is 0.225. The number of rotatable bonds is 11. The summed E-state index contributed by atoms with van der Waals surface area (Å²) < 4.78 is 35.5. The molecule has 48 heavy (non-hydrogen) atoms. The number of benzene rings is 5. The van der Waals surface area contributed by atoms with E-state index in [1.807, 2.05) is 97.1 Å². The Hall–Kier alpha value is -5.31. The third kappa shape index (κ3) is 5.63. The van der Waals surface area contributed by atoms with Crippen molar-refractivity contribution in [1.82, 2.24) is 0 Å². The van der Waals surface area contributed by atoms with Gasteiger partial charge in [0.15, 0.2) is 23.0 Å². The predicted octanol–water partition coefficient (Wildman–Crippen LogP) is 7.01. The lowest BCUT2D eigenvalue weighted by Crippen LogP contribution is -2.37. The van der Waals surface area contributed by atoms with Crippen molar-refractivity contribution in [1.29, 1.82) is 0 Å². The van der Waals surface area contributed by atoms with Crippen molar-refractivity contribution in [2.45, 2.75) is 17.8 Å². The zero-order valence-corrected chi connectivity index (χ0v) is 26.7. The smallest absolute Gasteiger partial charge is 0.313 e. The van der Waals surface area contributed by atoms with E-state index in [9.17, 15) is 9.90 Å². The van der Waals surface area contributed by atoms with Crippen LogP contribution in [0.1, 0.15) is 40.0 Å². The summed E-state index contributed by atoms with van der Waals surface area (Å²) in [4.78, 5) is 13.9. The third-order valence-corrected chi connectivity index (χ3v) is 9.21. The van der Waals surface area contributed by atoms with Gasteiger partial charge in [0.05, 0.1) is 32.8 Å². The van der Waals surface area contributed by atoms with E-state index in [1.165, 1.54) is 0 Å². The molecule has 2 aliphatic heterocycles. The molecule has 0 radical (unpaired) electrons. The molecule has 2 aliphatic rings. The summed E-state index contributed by atoms with van der Waals surface area (Å²) in [5, 5.41) is 11.9. The van der Waals surface area contributed by atoms with Gasteiger partial charge < -0.3 is 33.5 Å². The number of carbonyl (C=O) groups is 1. The van der Waals surface area contributed by atoms with E-state index in [0.29, 0.717) is 34.1 Å². The van der Waals surface area contributed by atoms with Crippen LogP contribution in [0.2, 0.25) is 0 Å². The molecule has 0 spiro atoms. The highest BCUT2D eigenvalue weighted by Gasteiger charge is 2.51. The van der Waals surface area contributed by atoms with Crippen LogP contribution in [0, 0.1) is 11.8 Å². The Morgan fingerprint density at radius 2 is 1.31 bits per heavy atom. The molecule has 1 fully saturated rings. The van der Waals surface area contributed by atoms with Gasteiger partial charge in [0.2, 0.25) is 6.79 Å². The van der Waals surface area contributed by atoms with E-state index in [0.717, 1.165) is 16.7 Å². The number of methoxy groups -OCH3 is 2. The number of esters is 1. The number of hydrogen-bond donors (Lipinski definition) is 1. The van der Waals surface area contributed by atoms with Crippen molar-refractivity contribution >= 4 is 5.97 Å². The minimum absolute atomic E-state index is 0.0513. The largest absolute Gasteiger partial charge is 0.493 e. The number of fused-ring (bicyclic) bond motifs is 1. The van der Waals surface area contributed by atoms with Gasteiger partial charge in [0.25, 0.3) is 0 Å². The van der Waals surface area contributed by atoms with Crippen molar-refractivity contribution in [2.75, 3.05) is 27.6 Å². The second kappa shape index (κ2) is 13.4. The van der Waals surface area contributed by atoms with Crippen LogP contribution in [0.3, 0.4) is 0 Å². The Kier molecular flexibility index (Phi) is 8.76. The molecule has 0 aliphatic carbocycles. The van der Waals surface area contributed by atoms with Gasteiger partial charge in [-0.1, -0.05) is 103 Å². The molecule has 0 saturated carbocycles. The molecule has 4 atom stereocenters. The van der Waals surface area contributed by atoms with Crippen LogP contribution in [0.25, 0.3) is 0 Å². The summed E-state index contributed by atoms with van der Waals surface area (Å²) in [6.07, 6.45) is -1.98. The van der Waals surface area contributed by atoms with Gasteiger partial charge >= 0.3 is 5.97 Å². The second-order valence-electron chi connectivity index (χ2n) is 11.8. The minimum atomic E-state index is -1.22. The maximum atomic E-state index is 13.9. The maximum Gasteiger partial charge on any atom is 0.313 e. The molecule has 5 aromatic carbocycles. The quantitative estimate of drug-likeness (QED) is 0.121. The van der Waals surface area contributed by atoms with Gasteiger partial charge in [0.1, 0.15) is 11.7 Å². The van der Waals surface area contributed by atoms with Crippen LogP contribution in [0.4, 0.5) is 0 Å². The van der Waals surface area contributed by atoms with Crippen LogP contribution in [0.5, 0.6) is 23.0 Å². The van der Waals surface area contributed by atoms with Crippen LogP contribution in [-0.4, -0.2) is 38.7 Å². The molecular formula is C40H36O8. The molecule has 0 amide bonds. The van der Waals surface area contributed by atoms with Crippen molar-refractivity contribution in [2.24, 2.45) is 11.8 Å². The molecule has 244 valence electrons. The van der Waals surface area contributed by atoms with Gasteiger partial charge in [-0.25, -0.2) is 0 Å². The van der Waals surface area contributed by atoms with Gasteiger partial charge in [-0.05, 0) is 52.1 Å². The van der Waals surface area contributed by atoms with Crippen molar-refractivity contribution in [3.05, 3.63) is 155 Å². The lowest BCUT2D eigenvalue weighted by molar-refractivity contribution is -0.147. The maximum absolute atomic E-state index is 13.9. The zero-order valence-electron chi connectivity index (χ0n) is 26.7. The molecule has 2 heterocycles. The van der Waals surface area contributed by atoms with Crippen LogP contribution < -0.4 is 18.9 Å². The number of hydrogen-bond acceptors (Lipinski definition) is 8. The Morgan fingerprint density at radius 3 is 1.90 bits per heavy atom. The van der Waals surface area contributed by atoms with E-state index in [2.05, 4.69) is 0 Å². The first-order chi connectivity index (χ1) is 23.5. The zero-order chi connectivity index (χ0) is 33.1. The highest BCUT2D eigenvalue weighted by atomic mass is 16.7. The molecule has 1 N–H and O–H groups in total. The molecule has 8 nitrogen and oxygen atoms in total. The molecule has 0 unspecified atom stereocenters. The van der Waals surface area contributed by atoms with Crippen molar-refractivity contribution in [3.63, 3.8) is 0 Å². The fourth-order valence-electron chi connectivity index (χ4n) is 6.85. The van der Waals surface area contributed by atoms with Gasteiger partial charge in [-0.3, -0.25) is 4.79 Å². The Labute approximate surface area is 279 Å². The number of carbonyl (C=O) groups excluding carboxylic acids is 1. The highest BCUT2D eigenvalue weighted by molar-refractivity contribution is 5.77. The molecule has 0 aromatic heterocycles. The standard InChI is InChI=1S/C40H36O8/c1-43-32-20-19-27(23-34(32)44-2)38-31(36(39(42)48-38)37(41)26-18-21-33-35(22-26)46-25-45-33)24-47-40(28-12-6-3-7-13-28,29-14-8-4-9-15-29)30-16-10-5-11-17-30/h3-23,31,36-38,41H,24-25H2,1-2H3/t31-,36+,37+,38+/m0/s1. The molecule has 0 bridgehead atoms. The molecule has 1 saturated heterocycles. The molecular weight excluding hydrogens is 608 g/mol. The minimum Gasteiger partial charge on any atom is -0.493 e. The van der Waals surface area contributed by atoms with Crippen molar-refractivity contribution < 1.29 is 38.3 Å². The Morgan fingerprint density at radius 1 is 0.729 bits per heavy atom. The summed E-state index contributed by atoms with van der Waals surface area (Å²) in [6.45, 7) is 0.147. The van der Waals surface area contributed by atoms with E-state index in [1.54, 1.807) is 44.6 Å².